The summed E-state index contributed by atoms with van der Waals surface area (Å²) in [4.78, 5) is 29.4. The van der Waals surface area contributed by atoms with E-state index < -0.39 is 6.43 Å². The minimum Gasteiger partial charge on any atom is -0.384 e. The first-order chi connectivity index (χ1) is 17.5. The molecule has 12 heteroatoms. The smallest absolute Gasteiger partial charge is 0.296 e. The monoisotopic (exact) mass is 501 g/mol. The third-order valence-electron chi connectivity index (χ3n) is 6.41. The number of methoxy groups -OCH3 is 1. The van der Waals surface area contributed by atoms with Crippen molar-refractivity contribution in [1.82, 2.24) is 24.4 Å². The van der Waals surface area contributed by atoms with Gasteiger partial charge in [0.15, 0.2) is 5.82 Å². The van der Waals surface area contributed by atoms with E-state index in [-0.39, 0.29) is 17.6 Å². The topological polar surface area (TPSA) is 97.6 Å². The van der Waals surface area contributed by atoms with Gasteiger partial charge in [0.2, 0.25) is 11.9 Å². The van der Waals surface area contributed by atoms with Crippen LogP contribution in [0.1, 0.15) is 18.7 Å². The molecule has 192 valence electrons. The number of benzene rings is 1. The number of ether oxygens (including phenoxy) is 2. The van der Waals surface area contributed by atoms with Crippen molar-refractivity contribution in [3.05, 3.63) is 36.2 Å². The molecule has 36 heavy (non-hydrogen) atoms. The molecule has 0 unspecified atom stereocenters. The summed E-state index contributed by atoms with van der Waals surface area (Å²) in [5, 5.41) is 3.33. The van der Waals surface area contributed by atoms with Gasteiger partial charge in [0, 0.05) is 51.8 Å². The Morgan fingerprint density at radius 1 is 1.19 bits per heavy atom. The quantitative estimate of drug-likeness (QED) is 0.478. The van der Waals surface area contributed by atoms with E-state index >= 15 is 0 Å². The van der Waals surface area contributed by atoms with E-state index in [1.807, 2.05) is 9.80 Å². The Morgan fingerprint density at radius 3 is 2.72 bits per heavy atom. The second-order valence-corrected chi connectivity index (χ2v) is 8.89. The molecule has 5 rings (SSSR count). The maximum Gasteiger partial charge on any atom is 0.296 e. The second-order valence-electron chi connectivity index (χ2n) is 8.89. The van der Waals surface area contributed by atoms with E-state index in [1.54, 1.807) is 37.4 Å². The standard InChI is InChI=1S/C24H29F2N7O3/c1-35-9-6-21(34)32-14-16(15-32)13-27-19-12-20(30-24(29-19)31-7-10-36-11-8-31)33-18-5-3-2-4-17(18)28-23(33)22(25)26/h2-5,12,16,22H,6-11,13-15H2,1H3,(H,27,29,30). The molecule has 2 saturated heterocycles. The highest BCUT2D eigenvalue weighted by Crippen LogP contribution is 2.29. The van der Waals surface area contributed by atoms with Gasteiger partial charge in [-0.25, -0.2) is 13.8 Å². The van der Waals surface area contributed by atoms with Crippen molar-refractivity contribution in [3.8, 4) is 5.82 Å². The summed E-state index contributed by atoms with van der Waals surface area (Å²) in [6.07, 6.45) is -2.40. The van der Waals surface area contributed by atoms with Gasteiger partial charge in [0.1, 0.15) is 11.6 Å². The van der Waals surface area contributed by atoms with Crippen LogP contribution in [0, 0.1) is 5.92 Å². The molecule has 1 amide bonds. The molecule has 2 aliphatic heterocycles. The van der Waals surface area contributed by atoms with Gasteiger partial charge >= 0.3 is 0 Å². The molecule has 2 fully saturated rings. The lowest BCUT2D eigenvalue weighted by Crippen LogP contribution is -2.52. The molecule has 3 aromatic rings. The second kappa shape index (κ2) is 10.7. The zero-order valence-electron chi connectivity index (χ0n) is 20.1. The molecule has 2 aromatic heterocycles. The van der Waals surface area contributed by atoms with Crippen LogP contribution in [-0.4, -0.2) is 90.0 Å². The molecule has 0 bridgehead atoms. The fourth-order valence-electron chi connectivity index (χ4n) is 4.46. The van der Waals surface area contributed by atoms with Gasteiger partial charge in [-0.15, -0.1) is 0 Å². The van der Waals surface area contributed by atoms with Crippen LogP contribution in [0.5, 0.6) is 0 Å². The van der Waals surface area contributed by atoms with Gasteiger partial charge < -0.3 is 24.6 Å². The number of carbonyl (C=O) groups excluding carboxylic acids is 1. The fraction of sp³-hybridized carbons (Fsp3) is 0.500. The summed E-state index contributed by atoms with van der Waals surface area (Å²) in [5.41, 5.74) is 1.02. The van der Waals surface area contributed by atoms with Crippen molar-refractivity contribution in [1.29, 1.82) is 0 Å². The third-order valence-corrected chi connectivity index (χ3v) is 6.41. The molecule has 0 aliphatic carbocycles. The zero-order chi connectivity index (χ0) is 25.1. The van der Waals surface area contributed by atoms with Crippen molar-refractivity contribution in [2.75, 3.05) is 69.9 Å². The summed E-state index contributed by atoms with van der Waals surface area (Å²) >= 11 is 0. The zero-order valence-corrected chi connectivity index (χ0v) is 20.1. The Morgan fingerprint density at radius 2 is 1.97 bits per heavy atom. The van der Waals surface area contributed by atoms with Crippen molar-refractivity contribution in [2.24, 2.45) is 5.92 Å². The van der Waals surface area contributed by atoms with Gasteiger partial charge in [0.05, 0.1) is 37.3 Å². The number of amides is 1. The molecule has 4 heterocycles. The molecule has 2 aliphatic rings. The van der Waals surface area contributed by atoms with Crippen LogP contribution in [0.15, 0.2) is 30.3 Å². The Bertz CT molecular complexity index is 1210. The number of halogens is 2. The van der Waals surface area contributed by atoms with Gasteiger partial charge in [-0.1, -0.05) is 12.1 Å². The molecule has 1 N–H and O–H groups in total. The number of nitrogens with one attached hydrogen (secondary N) is 1. The maximum atomic E-state index is 14.0. The fourth-order valence-corrected chi connectivity index (χ4v) is 4.46. The first-order valence-electron chi connectivity index (χ1n) is 12.0. The Hall–Kier alpha value is -3.38. The van der Waals surface area contributed by atoms with Crippen molar-refractivity contribution >= 4 is 28.7 Å². The van der Waals surface area contributed by atoms with Crippen LogP contribution in [-0.2, 0) is 14.3 Å². The van der Waals surface area contributed by atoms with Crippen molar-refractivity contribution < 1.29 is 23.0 Å². The number of likely N-dealkylation sites (tertiary alicyclic amines) is 1. The minimum absolute atomic E-state index is 0.0820. The molecule has 1 aromatic carbocycles. The molecular weight excluding hydrogens is 472 g/mol. The van der Waals surface area contributed by atoms with Crippen molar-refractivity contribution in [2.45, 2.75) is 12.8 Å². The van der Waals surface area contributed by atoms with Crippen LogP contribution in [0.2, 0.25) is 0 Å². The highest BCUT2D eigenvalue weighted by Gasteiger charge is 2.30. The number of aromatic nitrogens is 4. The molecule has 0 radical (unpaired) electrons. The van der Waals surface area contributed by atoms with Gasteiger partial charge in [-0.3, -0.25) is 9.36 Å². The molecule has 0 spiro atoms. The summed E-state index contributed by atoms with van der Waals surface area (Å²) in [6, 6.07) is 8.68. The van der Waals surface area contributed by atoms with Crippen LogP contribution in [0.3, 0.4) is 0 Å². The minimum atomic E-state index is -2.77. The van der Waals surface area contributed by atoms with E-state index in [0.717, 1.165) is 0 Å². The van der Waals surface area contributed by atoms with Crippen LogP contribution in [0.25, 0.3) is 16.9 Å². The average molecular weight is 502 g/mol. The summed E-state index contributed by atoms with van der Waals surface area (Å²) in [6.45, 7) is 4.63. The van der Waals surface area contributed by atoms with Gasteiger partial charge in [-0.05, 0) is 12.1 Å². The summed E-state index contributed by atoms with van der Waals surface area (Å²) < 4.78 is 39.8. The number of carbonyl (C=O) groups is 1. The SMILES string of the molecule is COCCC(=O)N1CC(CNc2cc(-n3c(C(F)F)nc4ccccc43)nc(N3CCOCC3)n2)C1. The number of alkyl halides is 2. The highest BCUT2D eigenvalue weighted by molar-refractivity contribution is 5.78. The molecule has 0 saturated carbocycles. The first-order valence-corrected chi connectivity index (χ1v) is 12.0. The van der Waals surface area contributed by atoms with Gasteiger partial charge in [0.25, 0.3) is 6.43 Å². The van der Waals surface area contributed by atoms with E-state index in [2.05, 4.69) is 20.3 Å². The number of hydrogen-bond acceptors (Lipinski definition) is 8. The normalized spacial score (nSPS) is 16.6. The molecule has 10 nitrogen and oxygen atoms in total. The third kappa shape index (κ3) is 5.09. The predicted octanol–water partition coefficient (Wildman–Crippen LogP) is 2.50. The molecule has 0 atom stereocenters. The number of hydrogen-bond donors (Lipinski definition) is 1. The number of rotatable bonds is 9. The highest BCUT2D eigenvalue weighted by atomic mass is 19.3. The number of para-hydroxylation sites is 2. The van der Waals surface area contributed by atoms with Gasteiger partial charge in [-0.2, -0.15) is 9.97 Å². The lowest BCUT2D eigenvalue weighted by Gasteiger charge is -2.39. The number of morpholine rings is 1. The summed E-state index contributed by atoms with van der Waals surface area (Å²) in [5.74, 6) is 1.29. The van der Waals surface area contributed by atoms with E-state index in [0.29, 0.717) is 87.6 Å². The van der Waals surface area contributed by atoms with E-state index in [4.69, 9.17) is 9.47 Å². The van der Waals surface area contributed by atoms with E-state index in [9.17, 15) is 13.6 Å². The summed E-state index contributed by atoms with van der Waals surface area (Å²) in [7, 11) is 1.58. The number of nitrogens with zero attached hydrogens (tertiary/aromatic N) is 6. The lowest BCUT2D eigenvalue weighted by molar-refractivity contribution is -0.138. The van der Waals surface area contributed by atoms with Crippen LogP contribution < -0.4 is 10.2 Å². The van der Waals surface area contributed by atoms with Crippen LogP contribution in [0.4, 0.5) is 20.5 Å². The largest absolute Gasteiger partial charge is 0.384 e. The number of anilines is 2. The Labute approximate surface area is 207 Å². The number of imidazole rings is 1. The molecular formula is C24H29F2N7O3. The van der Waals surface area contributed by atoms with Crippen molar-refractivity contribution in [3.63, 3.8) is 0 Å². The predicted molar refractivity (Wildman–Crippen MR) is 130 cm³/mol. The Balaban J connectivity index is 1.40. The lowest BCUT2D eigenvalue weighted by atomic mass is 10.00. The van der Waals surface area contributed by atoms with Crippen LogP contribution >= 0.6 is 0 Å². The number of fused-ring (bicyclic) bond motifs is 1. The maximum absolute atomic E-state index is 14.0. The first kappa shape index (κ1) is 24.3. The Kier molecular flexibility index (Phi) is 7.23. The van der Waals surface area contributed by atoms with E-state index in [1.165, 1.54) is 4.57 Å². The average Bonchev–Trinajstić information content (AvgIpc) is 3.27.